The molecule has 6 nitrogen and oxygen atoms in total. The fourth-order valence-electron chi connectivity index (χ4n) is 2.54. The summed E-state index contributed by atoms with van der Waals surface area (Å²) in [6.45, 7) is -1.13. The Balaban J connectivity index is 1.88. The van der Waals surface area contributed by atoms with Crippen LogP contribution in [0.4, 0.5) is 8.78 Å². The lowest BCUT2D eigenvalue weighted by Gasteiger charge is -2.17. The second-order valence-electron chi connectivity index (χ2n) is 5.52. The van der Waals surface area contributed by atoms with E-state index in [9.17, 15) is 13.6 Å². The van der Waals surface area contributed by atoms with Gasteiger partial charge in [-0.2, -0.15) is 8.78 Å². The Morgan fingerprint density at radius 1 is 1.32 bits per heavy atom. The summed E-state index contributed by atoms with van der Waals surface area (Å²) in [5.74, 6) is 0.0931. The van der Waals surface area contributed by atoms with Crippen molar-refractivity contribution in [1.29, 1.82) is 0 Å². The number of carbonyl (C=O) groups excluding carboxylic acids is 1. The van der Waals surface area contributed by atoms with Gasteiger partial charge in [0.2, 0.25) is 0 Å². The van der Waals surface area contributed by atoms with Gasteiger partial charge < -0.3 is 9.42 Å². The molecule has 0 aliphatic carbocycles. The lowest BCUT2D eigenvalue weighted by molar-refractivity contribution is 0.0612. The standard InChI is InChI=1S/C17H16F2N4O2/c1-11-14(15(21-25-11)12-6-4-3-5-7-12)16(24)22(2)10-13-20-8-9-23(13)17(18)19/h3-9,17H,10H2,1-2H3. The molecule has 0 spiro atoms. The van der Waals surface area contributed by atoms with Crippen LogP contribution in [0.1, 0.15) is 28.5 Å². The van der Waals surface area contributed by atoms with Gasteiger partial charge >= 0.3 is 6.55 Å². The summed E-state index contributed by atoms with van der Waals surface area (Å²) in [5.41, 5.74) is 1.47. The van der Waals surface area contributed by atoms with Gasteiger partial charge in [-0.05, 0) is 6.92 Å². The summed E-state index contributed by atoms with van der Waals surface area (Å²) in [6.07, 6.45) is 2.46. The summed E-state index contributed by atoms with van der Waals surface area (Å²) in [5, 5.41) is 3.97. The second-order valence-corrected chi connectivity index (χ2v) is 5.52. The third kappa shape index (κ3) is 3.28. The highest BCUT2D eigenvalue weighted by molar-refractivity contribution is 6.00. The molecule has 2 aromatic heterocycles. The zero-order valence-electron chi connectivity index (χ0n) is 13.7. The van der Waals surface area contributed by atoms with Gasteiger partial charge in [-0.25, -0.2) is 4.98 Å². The summed E-state index contributed by atoms with van der Waals surface area (Å²) in [4.78, 5) is 18.0. The van der Waals surface area contributed by atoms with Crippen LogP contribution in [-0.2, 0) is 6.54 Å². The first-order valence-electron chi connectivity index (χ1n) is 7.56. The normalized spacial score (nSPS) is 11.1. The first-order valence-corrected chi connectivity index (χ1v) is 7.56. The highest BCUT2D eigenvalue weighted by Gasteiger charge is 2.25. The van der Waals surface area contributed by atoms with E-state index in [0.29, 0.717) is 17.0 Å². The number of carbonyl (C=O) groups is 1. The Morgan fingerprint density at radius 3 is 2.72 bits per heavy atom. The Hall–Kier alpha value is -3.03. The number of halogens is 2. The third-order valence-electron chi connectivity index (χ3n) is 3.81. The molecule has 0 atom stereocenters. The molecule has 0 unspecified atom stereocenters. The van der Waals surface area contributed by atoms with Crippen LogP contribution in [0.5, 0.6) is 0 Å². The topological polar surface area (TPSA) is 64.2 Å². The number of imidazole rings is 1. The minimum absolute atomic E-state index is 0.0605. The molecule has 3 rings (SSSR count). The number of alkyl halides is 2. The molecule has 1 aromatic carbocycles. The van der Waals surface area contributed by atoms with Crippen molar-refractivity contribution in [3.8, 4) is 11.3 Å². The molecule has 0 saturated heterocycles. The summed E-state index contributed by atoms with van der Waals surface area (Å²) in [7, 11) is 1.52. The van der Waals surface area contributed by atoms with E-state index < -0.39 is 6.55 Å². The van der Waals surface area contributed by atoms with Crippen LogP contribution in [0, 0.1) is 6.92 Å². The van der Waals surface area contributed by atoms with E-state index in [2.05, 4.69) is 10.1 Å². The number of hydrogen-bond donors (Lipinski definition) is 0. The SMILES string of the molecule is Cc1onc(-c2ccccc2)c1C(=O)N(C)Cc1nccn1C(F)F. The second kappa shape index (κ2) is 6.84. The van der Waals surface area contributed by atoms with Crippen molar-refractivity contribution in [2.75, 3.05) is 7.05 Å². The molecular weight excluding hydrogens is 330 g/mol. The highest BCUT2D eigenvalue weighted by Crippen LogP contribution is 2.26. The maximum atomic E-state index is 12.9. The molecule has 25 heavy (non-hydrogen) atoms. The predicted molar refractivity (Wildman–Crippen MR) is 86.0 cm³/mol. The van der Waals surface area contributed by atoms with Crippen LogP contribution in [0.25, 0.3) is 11.3 Å². The van der Waals surface area contributed by atoms with Crippen molar-refractivity contribution >= 4 is 5.91 Å². The molecule has 0 aliphatic rings. The molecule has 2 heterocycles. The van der Waals surface area contributed by atoms with E-state index in [1.54, 1.807) is 6.92 Å². The van der Waals surface area contributed by atoms with Crippen molar-refractivity contribution in [1.82, 2.24) is 19.6 Å². The van der Waals surface area contributed by atoms with Gasteiger partial charge in [0, 0.05) is 25.0 Å². The number of aromatic nitrogens is 3. The Morgan fingerprint density at radius 2 is 2.04 bits per heavy atom. The molecule has 0 fully saturated rings. The Bertz CT molecular complexity index is 874. The van der Waals surface area contributed by atoms with Gasteiger partial charge in [0.05, 0.1) is 6.54 Å². The van der Waals surface area contributed by atoms with Gasteiger partial charge in [0.15, 0.2) is 0 Å². The fraction of sp³-hybridized carbons (Fsp3) is 0.235. The third-order valence-corrected chi connectivity index (χ3v) is 3.81. The van der Waals surface area contributed by atoms with E-state index in [-0.39, 0.29) is 18.3 Å². The van der Waals surface area contributed by atoms with Crippen molar-refractivity contribution in [2.24, 2.45) is 0 Å². The van der Waals surface area contributed by atoms with Crippen molar-refractivity contribution < 1.29 is 18.1 Å². The minimum Gasteiger partial charge on any atom is -0.360 e. The van der Waals surface area contributed by atoms with E-state index in [0.717, 1.165) is 10.1 Å². The van der Waals surface area contributed by atoms with Crippen LogP contribution in [-0.4, -0.2) is 32.6 Å². The quantitative estimate of drug-likeness (QED) is 0.709. The number of amides is 1. The zero-order valence-corrected chi connectivity index (χ0v) is 13.7. The molecule has 0 aliphatic heterocycles. The molecule has 3 aromatic rings. The van der Waals surface area contributed by atoms with Crippen molar-refractivity contribution in [3.05, 3.63) is 59.9 Å². The van der Waals surface area contributed by atoms with Crippen LogP contribution in [0.3, 0.4) is 0 Å². The average molecular weight is 346 g/mol. The van der Waals surface area contributed by atoms with E-state index in [1.807, 2.05) is 30.3 Å². The predicted octanol–water partition coefficient (Wildman–Crippen LogP) is 3.51. The number of aryl methyl sites for hydroxylation is 1. The number of benzene rings is 1. The number of rotatable bonds is 5. The molecule has 0 radical (unpaired) electrons. The first kappa shape index (κ1) is 16.8. The monoisotopic (exact) mass is 346 g/mol. The molecule has 0 bridgehead atoms. The summed E-state index contributed by atoms with van der Waals surface area (Å²) in [6, 6.07) is 9.15. The largest absolute Gasteiger partial charge is 0.360 e. The Kier molecular flexibility index (Phi) is 4.60. The molecule has 8 heteroatoms. The van der Waals surface area contributed by atoms with E-state index in [4.69, 9.17) is 4.52 Å². The van der Waals surface area contributed by atoms with Crippen molar-refractivity contribution in [3.63, 3.8) is 0 Å². The van der Waals surface area contributed by atoms with Crippen LogP contribution in [0.2, 0.25) is 0 Å². The Labute approximate surface area is 142 Å². The first-order chi connectivity index (χ1) is 12.0. The van der Waals surface area contributed by atoms with Gasteiger partial charge in [-0.1, -0.05) is 35.5 Å². The van der Waals surface area contributed by atoms with Crippen LogP contribution in [0.15, 0.2) is 47.2 Å². The van der Waals surface area contributed by atoms with Gasteiger partial charge in [-0.3, -0.25) is 9.36 Å². The zero-order chi connectivity index (χ0) is 18.0. The minimum atomic E-state index is -2.71. The summed E-state index contributed by atoms with van der Waals surface area (Å²) >= 11 is 0. The lowest BCUT2D eigenvalue weighted by atomic mass is 10.1. The van der Waals surface area contributed by atoms with E-state index >= 15 is 0 Å². The van der Waals surface area contributed by atoms with Crippen LogP contribution >= 0.6 is 0 Å². The smallest absolute Gasteiger partial charge is 0.319 e. The van der Waals surface area contributed by atoms with Gasteiger partial charge in [0.1, 0.15) is 22.8 Å². The lowest BCUT2D eigenvalue weighted by Crippen LogP contribution is -2.28. The van der Waals surface area contributed by atoms with Crippen molar-refractivity contribution in [2.45, 2.75) is 20.0 Å². The van der Waals surface area contributed by atoms with E-state index in [1.165, 1.54) is 24.3 Å². The summed E-state index contributed by atoms with van der Waals surface area (Å²) < 4.78 is 31.8. The average Bonchev–Trinajstić information content (AvgIpc) is 3.21. The maximum absolute atomic E-state index is 12.9. The highest BCUT2D eigenvalue weighted by atomic mass is 19.3. The molecule has 1 amide bonds. The fourth-order valence-corrected chi connectivity index (χ4v) is 2.54. The van der Waals surface area contributed by atoms with Gasteiger partial charge in [0.25, 0.3) is 5.91 Å². The number of hydrogen-bond acceptors (Lipinski definition) is 4. The van der Waals surface area contributed by atoms with Crippen LogP contribution < -0.4 is 0 Å². The molecule has 130 valence electrons. The molecule has 0 N–H and O–H groups in total. The maximum Gasteiger partial charge on any atom is 0.319 e. The number of nitrogens with zero attached hydrogens (tertiary/aromatic N) is 4. The molecule has 0 saturated carbocycles. The molecular formula is C17H16F2N4O2. The van der Waals surface area contributed by atoms with Gasteiger partial charge in [-0.15, -0.1) is 0 Å².